The monoisotopic (exact) mass is 203 g/mol. The number of aliphatic hydroxyl groups is 1. The Hall–Kier alpha value is -0.770. The van der Waals surface area contributed by atoms with Gasteiger partial charge in [-0.3, -0.25) is 0 Å². The lowest BCUT2D eigenvalue weighted by atomic mass is 10.2. The lowest BCUT2D eigenvalue weighted by Crippen LogP contribution is -2.38. The van der Waals surface area contributed by atoms with E-state index in [1.165, 1.54) is 4.90 Å². The maximum absolute atomic E-state index is 11.4. The first-order chi connectivity index (χ1) is 6.26. The van der Waals surface area contributed by atoms with Crippen molar-refractivity contribution in [3.63, 3.8) is 0 Å². The van der Waals surface area contributed by atoms with Gasteiger partial charge in [0.1, 0.15) is 5.60 Å². The second kappa shape index (κ2) is 5.20. The van der Waals surface area contributed by atoms with Crippen molar-refractivity contribution in [2.45, 2.75) is 45.8 Å². The maximum Gasteiger partial charge on any atom is 0.410 e. The third-order valence-corrected chi connectivity index (χ3v) is 1.66. The van der Waals surface area contributed by atoms with E-state index in [4.69, 9.17) is 4.74 Å². The molecule has 0 aliphatic rings. The van der Waals surface area contributed by atoms with Gasteiger partial charge in [-0.05, 0) is 27.2 Å². The molecule has 0 fully saturated rings. The minimum atomic E-state index is -0.484. The van der Waals surface area contributed by atoms with Gasteiger partial charge in [0.05, 0.1) is 6.10 Å². The largest absolute Gasteiger partial charge is 0.444 e. The summed E-state index contributed by atoms with van der Waals surface area (Å²) in [6.07, 6.45) is -0.245. The fourth-order valence-corrected chi connectivity index (χ4v) is 0.860. The Kier molecular flexibility index (Phi) is 4.91. The molecule has 0 spiro atoms. The van der Waals surface area contributed by atoms with Gasteiger partial charge >= 0.3 is 6.09 Å². The zero-order valence-electron chi connectivity index (χ0n) is 9.70. The second-order valence-electron chi connectivity index (χ2n) is 4.42. The van der Waals surface area contributed by atoms with Crippen LogP contribution in [0.25, 0.3) is 0 Å². The molecule has 0 aromatic rings. The van der Waals surface area contributed by atoms with Crippen molar-refractivity contribution >= 4 is 6.09 Å². The zero-order chi connectivity index (χ0) is 11.4. The van der Waals surface area contributed by atoms with Gasteiger partial charge in [-0.25, -0.2) is 4.79 Å². The summed E-state index contributed by atoms with van der Waals surface area (Å²) in [7, 11) is 1.62. The van der Waals surface area contributed by atoms with Crippen LogP contribution in [0.5, 0.6) is 0 Å². The molecule has 0 aliphatic heterocycles. The molecule has 1 atom stereocenters. The second-order valence-corrected chi connectivity index (χ2v) is 4.42. The smallest absolute Gasteiger partial charge is 0.410 e. The minimum absolute atomic E-state index is 0.311. The van der Waals surface area contributed by atoms with Gasteiger partial charge in [-0.1, -0.05) is 6.92 Å². The molecule has 84 valence electrons. The first kappa shape index (κ1) is 13.2. The van der Waals surface area contributed by atoms with Crippen LogP contribution >= 0.6 is 0 Å². The van der Waals surface area contributed by atoms with Crippen LogP contribution in [0.4, 0.5) is 4.79 Å². The fraction of sp³-hybridized carbons (Fsp3) is 0.900. The summed E-state index contributed by atoms with van der Waals surface area (Å²) in [5, 5.41) is 9.33. The molecule has 14 heavy (non-hydrogen) atoms. The topological polar surface area (TPSA) is 49.8 Å². The first-order valence-electron chi connectivity index (χ1n) is 4.88. The number of nitrogens with zero attached hydrogens (tertiary/aromatic N) is 1. The Morgan fingerprint density at radius 3 is 2.36 bits per heavy atom. The highest BCUT2D eigenvalue weighted by Crippen LogP contribution is 2.09. The molecule has 0 rings (SSSR count). The third-order valence-electron chi connectivity index (χ3n) is 1.66. The highest BCUT2D eigenvalue weighted by Gasteiger charge is 2.20. The molecule has 0 aliphatic carbocycles. The lowest BCUT2D eigenvalue weighted by Gasteiger charge is -2.25. The van der Waals surface area contributed by atoms with Crippen LogP contribution in [-0.4, -0.2) is 41.4 Å². The van der Waals surface area contributed by atoms with Crippen molar-refractivity contribution in [3.8, 4) is 0 Å². The zero-order valence-corrected chi connectivity index (χ0v) is 9.70. The average Bonchev–Trinajstić information content (AvgIpc) is 2.00. The molecule has 0 aromatic heterocycles. The number of carbonyl (C=O) groups excluding carboxylic acids is 1. The average molecular weight is 203 g/mol. The molecule has 4 heteroatoms. The van der Waals surface area contributed by atoms with Crippen molar-refractivity contribution < 1.29 is 14.6 Å². The third kappa shape index (κ3) is 5.80. The number of carbonyl (C=O) groups is 1. The van der Waals surface area contributed by atoms with Crippen LogP contribution in [0.15, 0.2) is 0 Å². The SMILES string of the molecule is CC[C@@H](O)CN(C)C(=O)OC(C)(C)C. The van der Waals surface area contributed by atoms with E-state index in [-0.39, 0.29) is 0 Å². The van der Waals surface area contributed by atoms with Crippen LogP contribution in [0.3, 0.4) is 0 Å². The molecule has 0 bridgehead atoms. The van der Waals surface area contributed by atoms with Crippen LogP contribution < -0.4 is 0 Å². The van der Waals surface area contributed by atoms with Gasteiger partial charge in [-0.15, -0.1) is 0 Å². The summed E-state index contributed by atoms with van der Waals surface area (Å²) in [6.45, 7) is 7.62. The summed E-state index contributed by atoms with van der Waals surface area (Å²) in [4.78, 5) is 12.8. The van der Waals surface area contributed by atoms with E-state index in [2.05, 4.69) is 0 Å². The van der Waals surface area contributed by atoms with Crippen molar-refractivity contribution in [1.29, 1.82) is 0 Å². The number of ether oxygens (including phenoxy) is 1. The van der Waals surface area contributed by atoms with E-state index in [0.717, 1.165) is 0 Å². The Balaban J connectivity index is 4.00. The van der Waals surface area contributed by atoms with Gasteiger partial charge in [0.25, 0.3) is 0 Å². The lowest BCUT2D eigenvalue weighted by molar-refractivity contribution is 0.0204. The van der Waals surface area contributed by atoms with Gasteiger partial charge in [-0.2, -0.15) is 0 Å². The molecular weight excluding hydrogens is 182 g/mol. The van der Waals surface area contributed by atoms with E-state index in [0.29, 0.717) is 13.0 Å². The normalized spacial score (nSPS) is 13.6. The van der Waals surface area contributed by atoms with E-state index in [9.17, 15) is 9.90 Å². The molecule has 0 aromatic carbocycles. The minimum Gasteiger partial charge on any atom is -0.444 e. The summed E-state index contributed by atoms with van der Waals surface area (Å²) < 4.78 is 5.12. The molecule has 0 heterocycles. The van der Waals surface area contributed by atoms with Crippen molar-refractivity contribution in [3.05, 3.63) is 0 Å². The van der Waals surface area contributed by atoms with Crippen LogP contribution in [-0.2, 0) is 4.74 Å². The van der Waals surface area contributed by atoms with E-state index in [1.54, 1.807) is 7.05 Å². The number of likely N-dealkylation sites (N-methyl/N-ethyl adjacent to an activating group) is 1. The number of hydrogen-bond donors (Lipinski definition) is 1. The summed E-state index contributed by atoms with van der Waals surface area (Å²) in [5.74, 6) is 0. The number of amides is 1. The summed E-state index contributed by atoms with van der Waals surface area (Å²) >= 11 is 0. The van der Waals surface area contributed by atoms with Gasteiger partial charge in [0.15, 0.2) is 0 Å². The van der Waals surface area contributed by atoms with Crippen molar-refractivity contribution in [1.82, 2.24) is 4.90 Å². The van der Waals surface area contributed by atoms with Gasteiger partial charge in [0.2, 0.25) is 0 Å². The number of aliphatic hydroxyl groups excluding tert-OH is 1. The summed E-state index contributed by atoms with van der Waals surface area (Å²) in [6, 6.07) is 0. The van der Waals surface area contributed by atoms with Gasteiger partial charge in [0, 0.05) is 13.6 Å². The molecule has 0 unspecified atom stereocenters. The fourth-order valence-electron chi connectivity index (χ4n) is 0.860. The Labute approximate surface area is 85.9 Å². The highest BCUT2D eigenvalue weighted by atomic mass is 16.6. The van der Waals surface area contributed by atoms with E-state index < -0.39 is 17.8 Å². The van der Waals surface area contributed by atoms with Crippen LogP contribution in [0, 0.1) is 0 Å². The Bertz CT molecular complexity index is 186. The Morgan fingerprint density at radius 2 is 2.00 bits per heavy atom. The van der Waals surface area contributed by atoms with Gasteiger partial charge < -0.3 is 14.7 Å². The number of hydrogen-bond acceptors (Lipinski definition) is 3. The quantitative estimate of drug-likeness (QED) is 0.758. The standard InChI is InChI=1S/C10H21NO3/c1-6-8(12)7-11(5)9(13)14-10(2,3)4/h8,12H,6-7H2,1-5H3/t8-/m1/s1. The van der Waals surface area contributed by atoms with E-state index >= 15 is 0 Å². The Morgan fingerprint density at radius 1 is 1.50 bits per heavy atom. The van der Waals surface area contributed by atoms with Crippen molar-refractivity contribution in [2.75, 3.05) is 13.6 Å². The molecule has 0 saturated heterocycles. The highest BCUT2D eigenvalue weighted by molar-refractivity contribution is 5.67. The van der Waals surface area contributed by atoms with Crippen LogP contribution in [0.2, 0.25) is 0 Å². The molecule has 1 amide bonds. The molecular formula is C10H21NO3. The van der Waals surface area contributed by atoms with Crippen LogP contribution in [0.1, 0.15) is 34.1 Å². The number of rotatable bonds is 3. The predicted molar refractivity (Wildman–Crippen MR) is 55.2 cm³/mol. The molecule has 1 N–H and O–H groups in total. The molecule has 0 radical (unpaired) electrons. The van der Waals surface area contributed by atoms with E-state index in [1.807, 2.05) is 27.7 Å². The summed E-state index contributed by atoms with van der Waals surface area (Å²) in [5.41, 5.74) is -0.484. The predicted octanol–water partition coefficient (Wildman–Crippen LogP) is 1.62. The molecule has 0 saturated carbocycles. The van der Waals surface area contributed by atoms with Crippen molar-refractivity contribution in [2.24, 2.45) is 0 Å². The maximum atomic E-state index is 11.4. The first-order valence-corrected chi connectivity index (χ1v) is 4.88. The molecule has 4 nitrogen and oxygen atoms in total.